The minimum atomic E-state index is -0.242. The van der Waals surface area contributed by atoms with Gasteiger partial charge in [0.2, 0.25) is 0 Å². The van der Waals surface area contributed by atoms with Crippen molar-refractivity contribution in [3.63, 3.8) is 0 Å². The zero-order valence-electron chi connectivity index (χ0n) is 12.3. The van der Waals surface area contributed by atoms with Crippen LogP contribution in [0.2, 0.25) is 0 Å². The highest BCUT2D eigenvalue weighted by Crippen LogP contribution is 2.34. The smallest absolute Gasteiger partial charge is 0.338 e. The van der Waals surface area contributed by atoms with E-state index in [1.54, 1.807) is 0 Å². The van der Waals surface area contributed by atoms with Crippen LogP contribution in [0.1, 0.15) is 39.4 Å². The van der Waals surface area contributed by atoms with Gasteiger partial charge >= 0.3 is 11.9 Å². The predicted octanol–water partition coefficient (Wildman–Crippen LogP) is 1.53. The standard InChI is InChI=1S/C16H19NO4/c1-9-12(3-4-13-14(9)8-21-16(13)19)10-5-11(7-17-6-10)15(18)20-2/h3-4,10-11,17H,5-8H2,1-2H3. The average Bonchev–Trinajstić information content (AvgIpc) is 2.89. The van der Waals surface area contributed by atoms with E-state index in [4.69, 9.17) is 9.47 Å². The highest BCUT2D eigenvalue weighted by atomic mass is 16.5. The Balaban J connectivity index is 1.87. The second-order valence-corrected chi connectivity index (χ2v) is 5.69. The van der Waals surface area contributed by atoms with Gasteiger partial charge in [-0.25, -0.2) is 4.79 Å². The summed E-state index contributed by atoms with van der Waals surface area (Å²) in [5, 5.41) is 3.30. The Morgan fingerprint density at radius 1 is 1.38 bits per heavy atom. The van der Waals surface area contributed by atoms with E-state index in [1.165, 1.54) is 12.7 Å². The molecule has 0 aliphatic carbocycles. The van der Waals surface area contributed by atoms with Crippen LogP contribution in [0.4, 0.5) is 0 Å². The van der Waals surface area contributed by atoms with E-state index >= 15 is 0 Å². The molecule has 5 heteroatoms. The molecule has 2 atom stereocenters. The molecule has 5 nitrogen and oxygen atoms in total. The maximum absolute atomic E-state index is 11.7. The fraction of sp³-hybridized carbons (Fsp3) is 0.500. The fourth-order valence-electron chi connectivity index (χ4n) is 3.33. The number of methoxy groups -OCH3 is 1. The van der Waals surface area contributed by atoms with Crippen molar-refractivity contribution in [2.75, 3.05) is 20.2 Å². The number of carbonyl (C=O) groups is 2. The lowest BCUT2D eigenvalue weighted by Gasteiger charge is -2.30. The second kappa shape index (κ2) is 5.48. The van der Waals surface area contributed by atoms with Crippen LogP contribution in [0.15, 0.2) is 12.1 Å². The molecule has 21 heavy (non-hydrogen) atoms. The van der Waals surface area contributed by atoms with Crippen LogP contribution in [-0.4, -0.2) is 32.1 Å². The number of hydrogen-bond acceptors (Lipinski definition) is 5. The number of nitrogens with one attached hydrogen (secondary N) is 1. The van der Waals surface area contributed by atoms with Gasteiger partial charge in [0.25, 0.3) is 0 Å². The number of benzene rings is 1. The molecule has 0 radical (unpaired) electrons. The van der Waals surface area contributed by atoms with E-state index in [9.17, 15) is 9.59 Å². The molecular formula is C16H19NO4. The molecule has 0 amide bonds. The zero-order valence-corrected chi connectivity index (χ0v) is 12.3. The van der Waals surface area contributed by atoms with Gasteiger partial charge in [0, 0.05) is 18.7 Å². The van der Waals surface area contributed by atoms with Crippen LogP contribution >= 0.6 is 0 Å². The summed E-state index contributed by atoms with van der Waals surface area (Å²) < 4.78 is 9.94. The van der Waals surface area contributed by atoms with Crippen molar-refractivity contribution in [2.45, 2.75) is 25.9 Å². The molecule has 0 spiro atoms. The lowest BCUT2D eigenvalue weighted by atomic mass is 9.82. The number of piperidine rings is 1. The lowest BCUT2D eigenvalue weighted by Crippen LogP contribution is -2.39. The van der Waals surface area contributed by atoms with Crippen molar-refractivity contribution in [1.29, 1.82) is 0 Å². The van der Waals surface area contributed by atoms with Crippen molar-refractivity contribution >= 4 is 11.9 Å². The molecule has 0 aromatic heterocycles. The van der Waals surface area contributed by atoms with Crippen molar-refractivity contribution in [1.82, 2.24) is 5.32 Å². The maximum atomic E-state index is 11.7. The van der Waals surface area contributed by atoms with E-state index < -0.39 is 0 Å². The van der Waals surface area contributed by atoms with Gasteiger partial charge in [-0.05, 0) is 36.5 Å². The van der Waals surface area contributed by atoms with Gasteiger partial charge in [0.05, 0.1) is 18.6 Å². The van der Waals surface area contributed by atoms with E-state index in [0.717, 1.165) is 24.1 Å². The van der Waals surface area contributed by atoms with Crippen molar-refractivity contribution < 1.29 is 19.1 Å². The third-order valence-corrected chi connectivity index (χ3v) is 4.53. The van der Waals surface area contributed by atoms with Gasteiger partial charge in [-0.2, -0.15) is 0 Å². The molecule has 2 unspecified atom stereocenters. The minimum absolute atomic E-state index is 0.112. The number of esters is 2. The number of hydrogen-bond donors (Lipinski definition) is 1. The average molecular weight is 289 g/mol. The molecule has 0 bridgehead atoms. The summed E-state index contributed by atoms with van der Waals surface area (Å²) in [6.07, 6.45) is 0.772. The normalized spacial score (nSPS) is 24.4. The van der Waals surface area contributed by atoms with Crippen LogP contribution < -0.4 is 5.32 Å². The van der Waals surface area contributed by atoms with Gasteiger partial charge < -0.3 is 14.8 Å². The first kappa shape index (κ1) is 14.1. The molecule has 112 valence electrons. The Hall–Kier alpha value is -1.88. The Kier molecular flexibility index (Phi) is 3.68. The number of ether oxygens (including phenoxy) is 2. The van der Waals surface area contributed by atoms with Crippen LogP contribution in [0, 0.1) is 12.8 Å². The molecule has 1 N–H and O–H groups in total. The second-order valence-electron chi connectivity index (χ2n) is 5.69. The molecule has 3 rings (SSSR count). The summed E-state index contributed by atoms with van der Waals surface area (Å²) in [6, 6.07) is 3.83. The minimum Gasteiger partial charge on any atom is -0.469 e. The Bertz CT molecular complexity index is 596. The summed E-state index contributed by atoms with van der Waals surface area (Å²) >= 11 is 0. The summed E-state index contributed by atoms with van der Waals surface area (Å²) in [5.41, 5.74) is 3.95. The van der Waals surface area contributed by atoms with Gasteiger partial charge in [-0.1, -0.05) is 6.07 Å². The third-order valence-electron chi connectivity index (χ3n) is 4.53. The van der Waals surface area contributed by atoms with E-state index in [-0.39, 0.29) is 23.8 Å². The molecular weight excluding hydrogens is 270 g/mol. The summed E-state index contributed by atoms with van der Waals surface area (Å²) in [7, 11) is 1.43. The van der Waals surface area contributed by atoms with Crippen LogP contribution in [0.25, 0.3) is 0 Å². The van der Waals surface area contributed by atoms with Crippen LogP contribution in [0.5, 0.6) is 0 Å². The first-order valence-corrected chi connectivity index (χ1v) is 7.20. The van der Waals surface area contributed by atoms with Crippen molar-refractivity contribution in [3.05, 3.63) is 34.4 Å². The van der Waals surface area contributed by atoms with Crippen molar-refractivity contribution in [2.24, 2.45) is 5.92 Å². The number of carbonyl (C=O) groups excluding carboxylic acids is 2. The van der Waals surface area contributed by atoms with Crippen LogP contribution in [-0.2, 0) is 20.9 Å². The van der Waals surface area contributed by atoms with E-state index in [1.807, 2.05) is 19.1 Å². The monoisotopic (exact) mass is 289 g/mol. The maximum Gasteiger partial charge on any atom is 0.338 e. The lowest BCUT2D eigenvalue weighted by molar-refractivity contribution is -0.146. The quantitative estimate of drug-likeness (QED) is 0.837. The Morgan fingerprint density at radius 3 is 2.95 bits per heavy atom. The molecule has 1 saturated heterocycles. The molecule has 1 aromatic carbocycles. The van der Waals surface area contributed by atoms with Gasteiger partial charge in [-0.3, -0.25) is 4.79 Å². The fourth-order valence-corrected chi connectivity index (χ4v) is 3.33. The number of rotatable bonds is 2. The predicted molar refractivity (Wildman–Crippen MR) is 76.0 cm³/mol. The first-order chi connectivity index (χ1) is 10.1. The molecule has 2 heterocycles. The molecule has 1 fully saturated rings. The third kappa shape index (κ3) is 2.42. The Labute approximate surface area is 123 Å². The summed E-state index contributed by atoms with van der Waals surface area (Å²) in [5.74, 6) is -0.262. The van der Waals surface area contributed by atoms with Crippen LogP contribution in [0.3, 0.4) is 0 Å². The molecule has 2 aliphatic heterocycles. The van der Waals surface area contributed by atoms with Gasteiger partial charge in [-0.15, -0.1) is 0 Å². The van der Waals surface area contributed by atoms with E-state index in [2.05, 4.69) is 5.32 Å². The van der Waals surface area contributed by atoms with Gasteiger partial charge in [0.15, 0.2) is 0 Å². The SMILES string of the molecule is COC(=O)C1CNCC(c2ccc3c(c2C)COC3=O)C1. The first-order valence-electron chi connectivity index (χ1n) is 7.20. The summed E-state index contributed by atoms with van der Waals surface area (Å²) in [6.45, 7) is 3.88. The van der Waals surface area contributed by atoms with Crippen molar-refractivity contribution in [3.8, 4) is 0 Å². The van der Waals surface area contributed by atoms with E-state index in [0.29, 0.717) is 18.7 Å². The topological polar surface area (TPSA) is 64.6 Å². The molecule has 1 aromatic rings. The number of cyclic esters (lactones) is 1. The zero-order chi connectivity index (χ0) is 15.0. The van der Waals surface area contributed by atoms with Gasteiger partial charge in [0.1, 0.15) is 6.61 Å². The largest absolute Gasteiger partial charge is 0.469 e. The molecule has 2 aliphatic rings. The summed E-state index contributed by atoms with van der Waals surface area (Å²) in [4.78, 5) is 23.3. The highest BCUT2D eigenvalue weighted by Gasteiger charge is 2.31. The Morgan fingerprint density at radius 2 is 2.19 bits per heavy atom. The molecule has 0 saturated carbocycles. The number of fused-ring (bicyclic) bond motifs is 1. The highest BCUT2D eigenvalue weighted by molar-refractivity contribution is 5.94.